The van der Waals surface area contributed by atoms with Gasteiger partial charge in [0.2, 0.25) is 0 Å². The monoisotopic (exact) mass is 825 g/mol. The fourth-order valence-corrected chi connectivity index (χ4v) is 7.69. The molecule has 0 amide bonds. The molecule has 0 bridgehead atoms. The van der Waals surface area contributed by atoms with Crippen molar-refractivity contribution in [3.8, 4) is 34.3 Å². The van der Waals surface area contributed by atoms with Crippen LogP contribution in [0.2, 0.25) is 5.02 Å². The van der Waals surface area contributed by atoms with Crippen LogP contribution in [-0.2, 0) is 35.0 Å². The first-order chi connectivity index (χ1) is 28.9. The Morgan fingerprint density at radius 3 is 1.69 bits per heavy atom. The van der Waals surface area contributed by atoms with Gasteiger partial charge in [0.1, 0.15) is 36.9 Å². The van der Waals surface area contributed by atoms with Crippen LogP contribution in [0.1, 0.15) is 33.4 Å². The second kappa shape index (κ2) is 19.1. The minimum Gasteiger partial charge on any atom is -0.497 e. The Labute approximate surface area is 351 Å². The molecule has 6 aromatic carbocycles. The number of aromatic nitrogens is 1. The van der Waals surface area contributed by atoms with E-state index >= 15 is 0 Å². The Morgan fingerprint density at radius 2 is 1.22 bits per heavy atom. The number of thiazole rings is 1. The highest BCUT2D eigenvalue weighted by atomic mass is 35.5. The Hall–Kier alpha value is -6.82. The first-order valence-corrected chi connectivity index (χ1v) is 19.8. The van der Waals surface area contributed by atoms with E-state index in [9.17, 15) is 9.90 Å². The summed E-state index contributed by atoms with van der Waals surface area (Å²) in [6.07, 6.45) is 0.676. The first kappa shape index (κ1) is 40.4. The van der Waals surface area contributed by atoms with Gasteiger partial charge in [-0.1, -0.05) is 132 Å². The van der Waals surface area contributed by atoms with Crippen LogP contribution in [0.4, 0.5) is 5.13 Å². The summed E-state index contributed by atoms with van der Waals surface area (Å²) in [6.45, 7) is 0.152. The van der Waals surface area contributed by atoms with Crippen molar-refractivity contribution in [2.75, 3.05) is 19.5 Å². The van der Waals surface area contributed by atoms with Crippen molar-refractivity contribution in [3.05, 3.63) is 189 Å². The Bertz CT molecular complexity index is 2390. The van der Waals surface area contributed by atoms with Gasteiger partial charge in [-0.15, -0.1) is 11.3 Å². The second-order valence-electron chi connectivity index (χ2n) is 13.2. The van der Waals surface area contributed by atoms with Crippen molar-refractivity contribution in [1.82, 2.24) is 4.98 Å². The Balaban J connectivity index is 1.36. The number of anilines is 1. The predicted molar refractivity (Wildman–Crippen MR) is 231 cm³/mol. The van der Waals surface area contributed by atoms with E-state index in [0.717, 1.165) is 33.6 Å². The quantitative estimate of drug-likeness (QED) is 0.0495. The molecule has 0 fully saturated rings. The Kier molecular flexibility index (Phi) is 13.1. The molecule has 0 aliphatic heterocycles. The number of halogens is 1. The van der Waals surface area contributed by atoms with Crippen molar-refractivity contribution < 1.29 is 33.7 Å². The van der Waals surface area contributed by atoms with Crippen LogP contribution in [0.3, 0.4) is 0 Å². The number of oxime groups is 1. The SMILES string of the molecule is COc1ccc(COc2c(Cl)cc(CON=CC(=O)O)c(-c3csc(NC(c4ccccc4)(c4ccccc4)c4ccccc4)n3)c2OCc2ccc(OC)cc2)cc1. The summed E-state index contributed by atoms with van der Waals surface area (Å²) in [6, 6.07) is 47.5. The summed E-state index contributed by atoms with van der Waals surface area (Å²) >= 11 is 8.45. The lowest BCUT2D eigenvalue weighted by molar-refractivity contribution is -0.129. The van der Waals surface area contributed by atoms with Gasteiger partial charge in [-0.2, -0.15) is 0 Å². The lowest BCUT2D eigenvalue weighted by Gasteiger charge is -2.36. The van der Waals surface area contributed by atoms with Gasteiger partial charge < -0.3 is 34.2 Å². The number of carboxylic acid groups (broad SMARTS) is 1. The molecule has 0 aliphatic rings. The number of methoxy groups -OCH3 is 2. The van der Waals surface area contributed by atoms with Gasteiger partial charge in [0, 0.05) is 10.9 Å². The zero-order valence-corrected chi connectivity index (χ0v) is 33.8. The normalized spacial score (nSPS) is 11.2. The van der Waals surface area contributed by atoms with E-state index in [1.807, 2.05) is 109 Å². The summed E-state index contributed by atoms with van der Waals surface area (Å²) in [5, 5.41) is 19.5. The maximum absolute atomic E-state index is 11.2. The molecular formula is C47H40ClN3O7S. The number of benzene rings is 6. The van der Waals surface area contributed by atoms with E-state index < -0.39 is 11.5 Å². The van der Waals surface area contributed by atoms with Gasteiger partial charge in [-0.05, 0) is 58.1 Å². The van der Waals surface area contributed by atoms with Crippen LogP contribution in [0.15, 0.2) is 156 Å². The molecule has 298 valence electrons. The van der Waals surface area contributed by atoms with Crippen molar-refractivity contribution >= 4 is 40.3 Å². The van der Waals surface area contributed by atoms with Gasteiger partial charge in [-0.25, -0.2) is 9.78 Å². The average molecular weight is 826 g/mol. The maximum Gasteiger partial charge on any atom is 0.350 e. The lowest BCUT2D eigenvalue weighted by Crippen LogP contribution is -2.38. The molecule has 12 heteroatoms. The van der Waals surface area contributed by atoms with Crippen LogP contribution in [0, 0.1) is 0 Å². The molecule has 0 unspecified atom stereocenters. The fraction of sp³-hybridized carbons (Fsp3) is 0.128. The number of aliphatic carboxylic acids is 1. The van der Waals surface area contributed by atoms with Crippen LogP contribution < -0.4 is 24.3 Å². The molecule has 0 saturated heterocycles. The predicted octanol–water partition coefficient (Wildman–Crippen LogP) is 10.6. The van der Waals surface area contributed by atoms with Crippen LogP contribution in [0.25, 0.3) is 11.3 Å². The molecule has 7 rings (SSSR count). The summed E-state index contributed by atoms with van der Waals surface area (Å²) in [7, 11) is 3.22. The van der Waals surface area contributed by atoms with E-state index in [4.69, 9.17) is 40.4 Å². The minimum absolute atomic E-state index is 0.141. The molecule has 0 atom stereocenters. The van der Waals surface area contributed by atoms with Crippen LogP contribution >= 0.6 is 22.9 Å². The number of hydrogen-bond acceptors (Lipinski definition) is 10. The minimum atomic E-state index is -1.25. The molecule has 7 aromatic rings. The van der Waals surface area contributed by atoms with Gasteiger partial charge >= 0.3 is 5.97 Å². The highest BCUT2D eigenvalue weighted by Crippen LogP contribution is 2.48. The molecule has 1 heterocycles. The number of ether oxygens (including phenoxy) is 4. The molecule has 0 saturated carbocycles. The molecule has 2 N–H and O–H groups in total. The van der Waals surface area contributed by atoms with Gasteiger partial charge in [0.05, 0.1) is 30.5 Å². The number of carbonyl (C=O) groups is 1. The highest BCUT2D eigenvalue weighted by Gasteiger charge is 2.37. The molecule has 1 aromatic heterocycles. The summed E-state index contributed by atoms with van der Waals surface area (Å²) < 4.78 is 23.9. The molecule has 59 heavy (non-hydrogen) atoms. The third-order valence-corrected chi connectivity index (χ3v) is 10.5. The third-order valence-electron chi connectivity index (χ3n) is 9.49. The Morgan fingerprint density at radius 1 is 0.729 bits per heavy atom. The van der Waals surface area contributed by atoms with E-state index in [2.05, 4.69) is 46.9 Å². The number of rotatable bonds is 18. The van der Waals surface area contributed by atoms with Crippen molar-refractivity contribution in [2.45, 2.75) is 25.4 Å². The van der Waals surface area contributed by atoms with Gasteiger partial charge in [-0.3, -0.25) is 0 Å². The largest absolute Gasteiger partial charge is 0.497 e. The third kappa shape index (κ3) is 9.50. The molecule has 10 nitrogen and oxygen atoms in total. The summed E-state index contributed by atoms with van der Waals surface area (Å²) in [5.74, 6) is 0.792. The van der Waals surface area contributed by atoms with E-state index in [-0.39, 0.29) is 24.8 Å². The van der Waals surface area contributed by atoms with Crippen LogP contribution in [-0.4, -0.2) is 36.5 Å². The molecule has 0 spiro atoms. The van der Waals surface area contributed by atoms with E-state index in [1.54, 1.807) is 20.3 Å². The average Bonchev–Trinajstić information content (AvgIpc) is 3.74. The standard InChI is InChI=1S/C47H40ClN3O7S/c1-54-38-22-18-32(19-23-38)28-56-44-40(48)26-34(30-58-49-27-42(52)53)43(45(44)57-29-33-20-24-39(55-2)25-21-33)41-31-59-46(50-41)51-47(35-12-6-3-7-13-35,36-14-8-4-9-15-36)37-16-10-5-11-17-37/h3-27,31H,28-30H2,1-2H3,(H,50,51)(H,52,53). The lowest BCUT2D eigenvalue weighted by atomic mass is 9.77. The second-order valence-corrected chi connectivity index (χ2v) is 14.4. The smallest absolute Gasteiger partial charge is 0.350 e. The maximum atomic E-state index is 11.2. The van der Waals surface area contributed by atoms with Crippen molar-refractivity contribution in [3.63, 3.8) is 0 Å². The number of nitrogens with zero attached hydrogens (tertiary/aromatic N) is 2. The molecule has 0 radical (unpaired) electrons. The molecular weight excluding hydrogens is 786 g/mol. The topological polar surface area (TPSA) is 121 Å². The zero-order chi connectivity index (χ0) is 41.0. The van der Waals surface area contributed by atoms with Gasteiger partial charge in [0.15, 0.2) is 22.8 Å². The van der Waals surface area contributed by atoms with Crippen molar-refractivity contribution in [1.29, 1.82) is 0 Å². The number of nitrogens with one attached hydrogen (secondary N) is 1. The van der Waals surface area contributed by atoms with Crippen molar-refractivity contribution in [2.24, 2.45) is 5.16 Å². The fourth-order valence-electron chi connectivity index (χ4n) is 6.66. The first-order valence-electron chi connectivity index (χ1n) is 18.5. The van der Waals surface area contributed by atoms with E-state index in [1.165, 1.54) is 11.3 Å². The van der Waals surface area contributed by atoms with E-state index in [0.29, 0.717) is 45.4 Å². The number of hydrogen-bond donors (Lipinski definition) is 2. The molecule has 0 aliphatic carbocycles. The number of carboxylic acids is 1. The zero-order valence-electron chi connectivity index (χ0n) is 32.2. The van der Waals surface area contributed by atoms with Gasteiger partial charge in [0.25, 0.3) is 0 Å². The van der Waals surface area contributed by atoms with Crippen LogP contribution in [0.5, 0.6) is 23.0 Å². The summed E-state index contributed by atoms with van der Waals surface area (Å²) in [5.41, 5.74) is 5.56. The summed E-state index contributed by atoms with van der Waals surface area (Å²) in [4.78, 5) is 22.0. The highest BCUT2D eigenvalue weighted by molar-refractivity contribution is 7.14.